The van der Waals surface area contributed by atoms with Gasteiger partial charge in [-0.2, -0.15) is 0 Å². The van der Waals surface area contributed by atoms with Crippen molar-refractivity contribution in [1.29, 1.82) is 0 Å². The number of anilines is 1. The maximum atomic E-state index is 12.6. The van der Waals surface area contributed by atoms with E-state index < -0.39 is 5.79 Å². The van der Waals surface area contributed by atoms with Gasteiger partial charge >= 0.3 is 0 Å². The van der Waals surface area contributed by atoms with Gasteiger partial charge in [0.25, 0.3) is 0 Å². The van der Waals surface area contributed by atoms with Crippen molar-refractivity contribution in [3.05, 3.63) is 71.8 Å². The molecule has 36 heavy (non-hydrogen) atoms. The van der Waals surface area contributed by atoms with Gasteiger partial charge < -0.3 is 29.6 Å². The molecule has 2 aliphatic heterocycles. The molecule has 0 radical (unpaired) electrons. The third kappa shape index (κ3) is 5.32. The number of benzene rings is 3. The van der Waals surface area contributed by atoms with Gasteiger partial charge in [-0.05, 0) is 59.5 Å². The van der Waals surface area contributed by atoms with Crippen molar-refractivity contribution in [3.8, 4) is 28.4 Å². The third-order valence-electron chi connectivity index (χ3n) is 6.78. The number of hydrogen-bond acceptors (Lipinski definition) is 6. The van der Waals surface area contributed by atoms with Gasteiger partial charge in [-0.1, -0.05) is 24.3 Å². The first-order chi connectivity index (χ1) is 17.6. The van der Waals surface area contributed by atoms with Gasteiger partial charge in [0.1, 0.15) is 5.75 Å². The Morgan fingerprint density at radius 2 is 1.78 bits per heavy atom. The number of rotatable bonds is 7. The van der Waals surface area contributed by atoms with Crippen LogP contribution in [0.25, 0.3) is 11.1 Å². The van der Waals surface area contributed by atoms with Gasteiger partial charge in [-0.3, -0.25) is 4.79 Å². The minimum atomic E-state index is -0.499. The van der Waals surface area contributed by atoms with Crippen molar-refractivity contribution in [1.82, 2.24) is 5.32 Å². The smallest absolute Gasteiger partial charge is 0.224 e. The molecule has 0 saturated carbocycles. The summed E-state index contributed by atoms with van der Waals surface area (Å²) in [6, 6.07) is 19.8. The Kier molecular flexibility index (Phi) is 7.11. The molecule has 3 aromatic carbocycles. The Hall–Kier alpha value is -3.55. The summed E-state index contributed by atoms with van der Waals surface area (Å²) in [6.07, 6.45) is 2.67. The highest BCUT2D eigenvalue weighted by Gasteiger charge is 2.38. The molecule has 2 aliphatic rings. The van der Waals surface area contributed by atoms with Crippen LogP contribution < -0.4 is 24.8 Å². The zero-order valence-electron chi connectivity index (χ0n) is 20.8. The van der Waals surface area contributed by atoms with E-state index in [0.717, 1.165) is 59.6 Å². The van der Waals surface area contributed by atoms with Crippen molar-refractivity contribution in [2.75, 3.05) is 32.6 Å². The fraction of sp³-hybridized carbons (Fsp3) is 0.345. The molecule has 0 atom stereocenters. The molecular weight excluding hydrogens is 456 g/mol. The van der Waals surface area contributed by atoms with Crippen LogP contribution in [-0.4, -0.2) is 39.0 Å². The molecule has 7 heteroatoms. The van der Waals surface area contributed by atoms with E-state index in [2.05, 4.69) is 22.8 Å². The number of piperidine rings is 1. The maximum absolute atomic E-state index is 12.6. The first-order valence-electron chi connectivity index (χ1n) is 12.4. The number of aryl methyl sites for hydroxylation is 1. The van der Waals surface area contributed by atoms with Gasteiger partial charge in [-0.25, -0.2) is 0 Å². The van der Waals surface area contributed by atoms with Crippen LogP contribution in [0.1, 0.15) is 30.4 Å². The van der Waals surface area contributed by atoms with Gasteiger partial charge in [-0.15, -0.1) is 0 Å². The Morgan fingerprint density at radius 3 is 2.58 bits per heavy atom. The number of carbonyl (C=O) groups excluding carboxylic acids is 1. The fourth-order valence-corrected chi connectivity index (χ4v) is 4.76. The molecular formula is C29H32N2O5. The van der Waals surface area contributed by atoms with E-state index in [1.54, 1.807) is 14.2 Å². The normalized spacial score (nSPS) is 16.1. The number of ether oxygens (including phenoxy) is 4. The van der Waals surface area contributed by atoms with E-state index >= 15 is 0 Å². The molecule has 1 saturated heterocycles. The Balaban J connectivity index is 1.22. The molecule has 3 aromatic rings. The first kappa shape index (κ1) is 24.2. The highest BCUT2D eigenvalue weighted by Crippen LogP contribution is 2.38. The lowest BCUT2D eigenvalue weighted by atomic mass is 9.99. The molecule has 2 N–H and O–H groups in total. The summed E-state index contributed by atoms with van der Waals surface area (Å²) in [7, 11) is 3.21. The number of hydrogen-bond donors (Lipinski definition) is 2. The third-order valence-corrected chi connectivity index (χ3v) is 6.78. The maximum Gasteiger partial charge on any atom is 0.224 e. The van der Waals surface area contributed by atoms with Crippen molar-refractivity contribution < 1.29 is 23.7 Å². The summed E-state index contributed by atoms with van der Waals surface area (Å²) in [5.74, 6) is 1.69. The first-order valence-corrected chi connectivity index (χ1v) is 12.4. The standard InChI is InChI=1S/C29H32N2O5/c1-33-26-9-6-20(16-27(26)34-2)7-11-28(32)31-24-5-3-4-21(18-24)22-8-10-25-23(17-22)19-35-29(36-25)12-14-30-15-13-29/h3-6,8-10,16-18,30H,7,11-15,19H2,1-2H3,(H,31,32). The van der Waals surface area contributed by atoms with Crippen LogP contribution in [0, 0.1) is 0 Å². The van der Waals surface area contributed by atoms with E-state index in [1.807, 2.05) is 48.5 Å². The number of methoxy groups -OCH3 is 2. The summed E-state index contributed by atoms with van der Waals surface area (Å²) >= 11 is 0. The van der Waals surface area contributed by atoms with Crippen LogP contribution in [-0.2, 0) is 22.6 Å². The van der Waals surface area contributed by atoms with Crippen LogP contribution >= 0.6 is 0 Å². The second kappa shape index (κ2) is 10.6. The monoisotopic (exact) mass is 488 g/mol. The second-order valence-corrected chi connectivity index (χ2v) is 9.19. The minimum absolute atomic E-state index is 0.0403. The Labute approximate surface area is 211 Å². The lowest BCUT2D eigenvalue weighted by molar-refractivity contribution is -0.218. The number of fused-ring (bicyclic) bond motifs is 1. The van der Waals surface area contributed by atoms with Crippen molar-refractivity contribution in [3.63, 3.8) is 0 Å². The summed E-state index contributed by atoms with van der Waals surface area (Å²) < 4.78 is 23.1. The zero-order chi connectivity index (χ0) is 25.0. The molecule has 1 fully saturated rings. The topological polar surface area (TPSA) is 78.1 Å². The SMILES string of the molecule is COc1ccc(CCC(=O)Nc2cccc(-c3ccc4c(c3)COC3(CCNCC3)O4)c2)cc1OC. The van der Waals surface area contributed by atoms with Gasteiger partial charge in [0.15, 0.2) is 11.5 Å². The lowest BCUT2D eigenvalue weighted by Crippen LogP contribution is -2.49. The fourth-order valence-electron chi connectivity index (χ4n) is 4.76. The van der Waals surface area contributed by atoms with E-state index in [9.17, 15) is 4.79 Å². The minimum Gasteiger partial charge on any atom is -0.493 e. The Bertz CT molecular complexity index is 1240. The van der Waals surface area contributed by atoms with E-state index in [0.29, 0.717) is 30.9 Å². The molecule has 188 valence electrons. The highest BCUT2D eigenvalue weighted by molar-refractivity contribution is 5.91. The van der Waals surface area contributed by atoms with Crippen molar-refractivity contribution in [2.45, 2.75) is 38.1 Å². The van der Waals surface area contributed by atoms with Crippen LogP contribution in [0.4, 0.5) is 5.69 Å². The summed E-state index contributed by atoms with van der Waals surface area (Å²) in [5, 5.41) is 6.38. The molecule has 0 unspecified atom stereocenters. The molecule has 1 amide bonds. The van der Waals surface area contributed by atoms with Crippen molar-refractivity contribution in [2.24, 2.45) is 0 Å². The number of carbonyl (C=O) groups is 1. The van der Waals surface area contributed by atoms with Crippen LogP contribution in [0.5, 0.6) is 17.2 Å². The van der Waals surface area contributed by atoms with Crippen LogP contribution in [0.2, 0.25) is 0 Å². The summed E-state index contributed by atoms with van der Waals surface area (Å²) in [6.45, 7) is 2.34. The average Bonchev–Trinajstić information content (AvgIpc) is 2.92. The predicted octanol–water partition coefficient (Wildman–Crippen LogP) is 4.93. The number of nitrogens with one attached hydrogen (secondary N) is 2. The van der Waals surface area contributed by atoms with E-state index in [4.69, 9.17) is 18.9 Å². The second-order valence-electron chi connectivity index (χ2n) is 9.19. The lowest BCUT2D eigenvalue weighted by Gasteiger charge is -2.41. The molecule has 5 rings (SSSR count). The molecule has 7 nitrogen and oxygen atoms in total. The van der Waals surface area contributed by atoms with Gasteiger partial charge in [0, 0.05) is 43.6 Å². The van der Waals surface area contributed by atoms with Crippen LogP contribution in [0.3, 0.4) is 0 Å². The highest BCUT2D eigenvalue weighted by atomic mass is 16.7. The van der Waals surface area contributed by atoms with Gasteiger partial charge in [0.05, 0.1) is 20.8 Å². The zero-order valence-corrected chi connectivity index (χ0v) is 20.8. The molecule has 0 aliphatic carbocycles. The summed E-state index contributed by atoms with van der Waals surface area (Å²) in [5.41, 5.74) is 4.91. The predicted molar refractivity (Wildman–Crippen MR) is 139 cm³/mol. The molecule has 2 heterocycles. The average molecular weight is 489 g/mol. The molecule has 0 bridgehead atoms. The molecule has 1 spiro atoms. The summed E-state index contributed by atoms with van der Waals surface area (Å²) in [4.78, 5) is 12.6. The van der Waals surface area contributed by atoms with E-state index in [-0.39, 0.29) is 5.91 Å². The van der Waals surface area contributed by atoms with Crippen molar-refractivity contribution >= 4 is 11.6 Å². The number of amides is 1. The van der Waals surface area contributed by atoms with Crippen LogP contribution in [0.15, 0.2) is 60.7 Å². The largest absolute Gasteiger partial charge is 0.493 e. The van der Waals surface area contributed by atoms with Gasteiger partial charge in [0.2, 0.25) is 11.7 Å². The molecule has 0 aromatic heterocycles. The van der Waals surface area contributed by atoms with E-state index in [1.165, 1.54) is 0 Å². The quantitative estimate of drug-likeness (QED) is 0.491. The Morgan fingerprint density at radius 1 is 0.972 bits per heavy atom.